The van der Waals surface area contributed by atoms with Crippen LogP contribution in [0.5, 0.6) is 0 Å². The first kappa shape index (κ1) is 19.9. The number of amides is 2. The number of nitrogens with one attached hydrogen (secondary N) is 1. The second-order valence-corrected chi connectivity index (χ2v) is 8.92. The minimum absolute atomic E-state index is 0.0402. The second-order valence-electron chi connectivity index (χ2n) is 8.92. The zero-order valence-electron chi connectivity index (χ0n) is 18.4. The maximum atomic E-state index is 13.2. The molecule has 0 aliphatic carbocycles. The third-order valence-corrected chi connectivity index (χ3v) is 7.10. The number of anilines is 3. The maximum absolute atomic E-state index is 13.2. The van der Waals surface area contributed by atoms with E-state index >= 15 is 0 Å². The zero-order valence-corrected chi connectivity index (χ0v) is 18.4. The highest BCUT2D eigenvalue weighted by atomic mass is 16.2. The van der Waals surface area contributed by atoms with Gasteiger partial charge in [0, 0.05) is 44.0 Å². The highest BCUT2D eigenvalue weighted by molar-refractivity contribution is 6.06. The largest absolute Gasteiger partial charge is 0.368 e. The van der Waals surface area contributed by atoms with Crippen LogP contribution in [0.1, 0.15) is 40.7 Å². The molecule has 1 atom stereocenters. The van der Waals surface area contributed by atoms with Crippen molar-refractivity contribution >= 4 is 28.9 Å². The molecule has 3 aliphatic rings. The number of carbonyl (C=O) groups excluding carboxylic acids is 2. The highest BCUT2D eigenvalue weighted by Crippen LogP contribution is 2.36. The Hall–Kier alpha value is -3.02. The van der Waals surface area contributed by atoms with Gasteiger partial charge in [0.2, 0.25) is 5.91 Å². The third kappa shape index (κ3) is 3.54. The number of hydrogen-bond acceptors (Lipinski definition) is 4. The van der Waals surface area contributed by atoms with Gasteiger partial charge in [0.25, 0.3) is 5.91 Å². The SMILES string of the molecule is Cc1cccc(N2CCN(C(=O)c3ccc4c(c3)NC(=O)[C@H]3CCCCN43)CC2)c1C. The average Bonchev–Trinajstić information content (AvgIpc) is 2.80. The minimum Gasteiger partial charge on any atom is -0.368 e. The van der Waals surface area contributed by atoms with E-state index in [-0.39, 0.29) is 17.9 Å². The van der Waals surface area contributed by atoms with Gasteiger partial charge < -0.3 is 20.0 Å². The molecule has 2 aromatic rings. The van der Waals surface area contributed by atoms with Gasteiger partial charge in [0.1, 0.15) is 6.04 Å². The van der Waals surface area contributed by atoms with E-state index < -0.39 is 0 Å². The van der Waals surface area contributed by atoms with E-state index in [0.29, 0.717) is 18.7 Å². The summed E-state index contributed by atoms with van der Waals surface area (Å²) >= 11 is 0. The van der Waals surface area contributed by atoms with Gasteiger partial charge in [-0.3, -0.25) is 9.59 Å². The molecule has 0 bridgehead atoms. The van der Waals surface area contributed by atoms with Crippen LogP contribution >= 0.6 is 0 Å². The fraction of sp³-hybridized carbons (Fsp3) is 0.440. The van der Waals surface area contributed by atoms with Crippen LogP contribution in [0.3, 0.4) is 0 Å². The molecule has 2 fully saturated rings. The number of piperidine rings is 1. The van der Waals surface area contributed by atoms with Crippen molar-refractivity contribution in [3.63, 3.8) is 0 Å². The molecule has 0 saturated carbocycles. The molecular formula is C25H30N4O2. The molecule has 2 saturated heterocycles. The molecule has 3 heterocycles. The lowest BCUT2D eigenvalue weighted by Crippen LogP contribution is -2.51. The highest BCUT2D eigenvalue weighted by Gasteiger charge is 2.35. The molecule has 6 heteroatoms. The van der Waals surface area contributed by atoms with Gasteiger partial charge in [-0.25, -0.2) is 0 Å². The Morgan fingerprint density at radius 2 is 1.77 bits per heavy atom. The van der Waals surface area contributed by atoms with Gasteiger partial charge in [-0.2, -0.15) is 0 Å². The van der Waals surface area contributed by atoms with Gasteiger partial charge in [-0.05, 0) is 68.5 Å². The Balaban J connectivity index is 1.30. The van der Waals surface area contributed by atoms with E-state index in [1.54, 1.807) is 0 Å². The van der Waals surface area contributed by atoms with Crippen molar-refractivity contribution < 1.29 is 9.59 Å². The Morgan fingerprint density at radius 1 is 0.968 bits per heavy atom. The van der Waals surface area contributed by atoms with Crippen molar-refractivity contribution in [2.24, 2.45) is 0 Å². The number of benzene rings is 2. The monoisotopic (exact) mass is 418 g/mol. The smallest absolute Gasteiger partial charge is 0.254 e. The fourth-order valence-electron chi connectivity index (χ4n) is 5.14. The van der Waals surface area contributed by atoms with Gasteiger partial charge in [-0.15, -0.1) is 0 Å². The minimum atomic E-state index is -0.0686. The Bertz CT molecular complexity index is 1030. The van der Waals surface area contributed by atoms with Crippen LogP contribution in [0.4, 0.5) is 17.1 Å². The number of piperazine rings is 1. The van der Waals surface area contributed by atoms with Crippen molar-refractivity contribution in [1.29, 1.82) is 0 Å². The zero-order chi connectivity index (χ0) is 21.5. The van der Waals surface area contributed by atoms with Crippen molar-refractivity contribution in [2.45, 2.75) is 39.2 Å². The predicted octanol–water partition coefficient (Wildman–Crippen LogP) is 3.58. The summed E-state index contributed by atoms with van der Waals surface area (Å²) in [5.41, 5.74) is 6.32. The summed E-state index contributed by atoms with van der Waals surface area (Å²) in [6, 6.07) is 12.1. The molecule has 6 nitrogen and oxygen atoms in total. The van der Waals surface area contributed by atoms with Gasteiger partial charge in [-0.1, -0.05) is 12.1 Å². The normalized spacial score (nSPS) is 20.8. The molecule has 0 unspecified atom stereocenters. The number of fused-ring (bicyclic) bond motifs is 3. The van der Waals surface area contributed by atoms with Crippen LogP contribution in [0, 0.1) is 13.8 Å². The van der Waals surface area contributed by atoms with Crippen LogP contribution in [-0.4, -0.2) is 55.5 Å². The fourth-order valence-corrected chi connectivity index (χ4v) is 5.14. The van der Waals surface area contributed by atoms with Crippen molar-refractivity contribution in [3.8, 4) is 0 Å². The maximum Gasteiger partial charge on any atom is 0.254 e. The Morgan fingerprint density at radius 3 is 2.58 bits per heavy atom. The first-order valence-electron chi connectivity index (χ1n) is 11.3. The molecule has 31 heavy (non-hydrogen) atoms. The lowest BCUT2D eigenvalue weighted by molar-refractivity contribution is -0.118. The van der Waals surface area contributed by atoms with E-state index in [0.717, 1.165) is 50.3 Å². The van der Waals surface area contributed by atoms with Crippen molar-refractivity contribution in [3.05, 3.63) is 53.1 Å². The molecule has 2 amide bonds. The van der Waals surface area contributed by atoms with E-state index in [1.165, 1.54) is 16.8 Å². The van der Waals surface area contributed by atoms with Crippen LogP contribution in [-0.2, 0) is 4.79 Å². The Kier molecular flexibility index (Phi) is 5.08. The molecule has 162 valence electrons. The third-order valence-electron chi connectivity index (χ3n) is 7.10. The predicted molar refractivity (Wildman–Crippen MR) is 124 cm³/mol. The molecule has 0 radical (unpaired) electrons. The molecular weight excluding hydrogens is 388 g/mol. The summed E-state index contributed by atoms with van der Waals surface area (Å²) in [6.45, 7) is 8.25. The first-order valence-corrected chi connectivity index (χ1v) is 11.3. The van der Waals surface area contributed by atoms with Crippen molar-refractivity contribution in [1.82, 2.24) is 4.90 Å². The molecule has 0 spiro atoms. The second kappa shape index (κ2) is 7.91. The number of nitrogens with zero attached hydrogens (tertiary/aromatic N) is 3. The first-order chi connectivity index (χ1) is 15.0. The molecule has 0 aromatic heterocycles. The van der Waals surface area contributed by atoms with E-state index in [2.05, 4.69) is 47.2 Å². The summed E-state index contributed by atoms with van der Waals surface area (Å²) in [5, 5.41) is 3.04. The molecule has 5 rings (SSSR count). The molecule has 3 aliphatic heterocycles. The number of hydrogen-bond donors (Lipinski definition) is 1. The summed E-state index contributed by atoms with van der Waals surface area (Å²) in [5.74, 6) is 0.0948. The van der Waals surface area contributed by atoms with Gasteiger partial charge in [0.15, 0.2) is 0 Å². The lowest BCUT2D eigenvalue weighted by Gasteiger charge is -2.41. The average molecular weight is 419 g/mol. The van der Waals surface area contributed by atoms with Crippen LogP contribution in [0.15, 0.2) is 36.4 Å². The molecule has 2 aromatic carbocycles. The lowest BCUT2D eigenvalue weighted by atomic mass is 9.96. The number of rotatable bonds is 2. The summed E-state index contributed by atoms with van der Waals surface area (Å²) in [6.07, 6.45) is 3.10. The quantitative estimate of drug-likeness (QED) is 0.810. The van der Waals surface area contributed by atoms with E-state index in [4.69, 9.17) is 0 Å². The molecule has 1 N–H and O–H groups in total. The summed E-state index contributed by atoms with van der Waals surface area (Å²) < 4.78 is 0. The van der Waals surface area contributed by atoms with E-state index in [9.17, 15) is 9.59 Å². The topological polar surface area (TPSA) is 55.9 Å². The van der Waals surface area contributed by atoms with Crippen LogP contribution < -0.4 is 15.1 Å². The number of aryl methyl sites for hydroxylation is 1. The summed E-state index contributed by atoms with van der Waals surface area (Å²) in [4.78, 5) is 32.2. The van der Waals surface area contributed by atoms with Gasteiger partial charge in [0.05, 0.1) is 11.4 Å². The van der Waals surface area contributed by atoms with Crippen molar-refractivity contribution in [2.75, 3.05) is 47.8 Å². The van der Waals surface area contributed by atoms with Gasteiger partial charge >= 0.3 is 0 Å². The van der Waals surface area contributed by atoms with Crippen LogP contribution in [0.2, 0.25) is 0 Å². The van der Waals surface area contributed by atoms with E-state index in [1.807, 2.05) is 23.1 Å². The van der Waals surface area contributed by atoms with Crippen LogP contribution in [0.25, 0.3) is 0 Å². The Labute approximate surface area is 183 Å². The number of carbonyl (C=O) groups is 2. The standard InChI is InChI=1S/C25H30N4O2/c1-17-6-5-8-21(18(17)2)27-12-14-28(15-13-27)25(31)19-9-10-22-20(16-19)26-24(30)23-7-3-4-11-29(22)23/h5-6,8-10,16,23H,3-4,7,11-15H2,1-2H3,(H,26,30)/t23-/m1/s1. The summed E-state index contributed by atoms with van der Waals surface area (Å²) in [7, 11) is 0.